The topological polar surface area (TPSA) is 71.8 Å². The standard InChI is InChI=1S/C18H17F2N5O/c1-25-11-14(9-24-25)13-5-12(6-21-8-13)7-22-18(26)23-10-15-16(19)3-2-4-17(15)20/h2-6,8-9,11H,7,10H2,1H3,(H2,22,23,26). The molecular formula is C18H17F2N5O. The molecular weight excluding hydrogens is 340 g/mol. The van der Waals surface area contributed by atoms with Crippen LogP contribution in [0.3, 0.4) is 0 Å². The van der Waals surface area contributed by atoms with Crippen LogP contribution in [-0.4, -0.2) is 20.8 Å². The molecule has 134 valence electrons. The predicted molar refractivity (Wildman–Crippen MR) is 91.9 cm³/mol. The molecule has 1 aromatic carbocycles. The highest BCUT2D eigenvalue weighted by Gasteiger charge is 2.10. The summed E-state index contributed by atoms with van der Waals surface area (Å²) in [6.07, 6.45) is 6.94. The Morgan fingerprint density at radius 1 is 1.08 bits per heavy atom. The van der Waals surface area contributed by atoms with Gasteiger partial charge in [-0.25, -0.2) is 13.6 Å². The normalized spacial score (nSPS) is 10.6. The minimum Gasteiger partial charge on any atom is -0.334 e. The smallest absolute Gasteiger partial charge is 0.315 e. The second-order valence-electron chi connectivity index (χ2n) is 5.72. The molecule has 0 fully saturated rings. The van der Waals surface area contributed by atoms with E-state index in [2.05, 4.69) is 20.7 Å². The maximum absolute atomic E-state index is 13.5. The third-order valence-electron chi connectivity index (χ3n) is 3.77. The number of hydrogen-bond acceptors (Lipinski definition) is 3. The second-order valence-corrected chi connectivity index (χ2v) is 5.72. The van der Waals surface area contributed by atoms with Gasteiger partial charge in [-0.3, -0.25) is 9.67 Å². The van der Waals surface area contributed by atoms with Gasteiger partial charge < -0.3 is 10.6 Å². The molecule has 2 amide bonds. The molecule has 0 bridgehead atoms. The van der Waals surface area contributed by atoms with Crippen molar-refractivity contribution in [1.29, 1.82) is 0 Å². The summed E-state index contributed by atoms with van der Waals surface area (Å²) in [5.41, 5.74) is 2.41. The number of aromatic nitrogens is 3. The highest BCUT2D eigenvalue weighted by molar-refractivity contribution is 5.74. The quantitative estimate of drug-likeness (QED) is 0.738. The molecule has 0 atom stereocenters. The fraction of sp³-hybridized carbons (Fsp3) is 0.167. The van der Waals surface area contributed by atoms with Gasteiger partial charge >= 0.3 is 6.03 Å². The number of halogens is 2. The summed E-state index contributed by atoms with van der Waals surface area (Å²) < 4.78 is 28.8. The summed E-state index contributed by atoms with van der Waals surface area (Å²) in [5.74, 6) is -1.39. The molecule has 0 spiro atoms. The summed E-state index contributed by atoms with van der Waals surface area (Å²) in [5, 5.41) is 9.19. The molecule has 6 nitrogen and oxygen atoms in total. The lowest BCUT2D eigenvalue weighted by molar-refractivity contribution is 0.240. The molecule has 0 saturated carbocycles. The number of hydrogen-bond donors (Lipinski definition) is 2. The Kier molecular flexibility index (Phi) is 5.21. The van der Waals surface area contributed by atoms with Crippen LogP contribution in [0.15, 0.2) is 49.1 Å². The Morgan fingerprint density at radius 3 is 2.50 bits per heavy atom. The molecule has 0 unspecified atom stereocenters. The predicted octanol–water partition coefficient (Wildman–Crippen LogP) is 2.76. The van der Waals surface area contributed by atoms with E-state index in [-0.39, 0.29) is 18.7 Å². The first kappa shape index (κ1) is 17.5. The number of benzene rings is 1. The highest BCUT2D eigenvalue weighted by atomic mass is 19.1. The van der Waals surface area contributed by atoms with Crippen molar-refractivity contribution in [2.45, 2.75) is 13.1 Å². The van der Waals surface area contributed by atoms with Crippen molar-refractivity contribution in [2.24, 2.45) is 7.05 Å². The molecule has 2 aromatic heterocycles. The lowest BCUT2D eigenvalue weighted by atomic mass is 10.1. The highest BCUT2D eigenvalue weighted by Crippen LogP contribution is 2.18. The van der Waals surface area contributed by atoms with Crippen LogP contribution in [0.25, 0.3) is 11.1 Å². The van der Waals surface area contributed by atoms with Gasteiger partial charge in [0.1, 0.15) is 11.6 Å². The Hall–Kier alpha value is -3.29. The molecule has 0 radical (unpaired) electrons. The van der Waals surface area contributed by atoms with Gasteiger partial charge in [0.05, 0.1) is 12.7 Å². The van der Waals surface area contributed by atoms with E-state index in [4.69, 9.17) is 0 Å². The first-order chi connectivity index (χ1) is 12.5. The van der Waals surface area contributed by atoms with Crippen molar-refractivity contribution in [3.05, 3.63) is 71.8 Å². The number of carbonyl (C=O) groups excluding carboxylic acids is 1. The van der Waals surface area contributed by atoms with E-state index in [0.717, 1.165) is 28.8 Å². The molecule has 2 N–H and O–H groups in total. The minimum atomic E-state index is -0.696. The van der Waals surface area contributed by atoms with Crippen LogP contribution in [0, 0.1) is 11.6 Å². The minimum absolute atomic E-state index is 0.178. The summed E-state index contributed by atoms with van der Waals surface area (Å²) >= 11 is 0. The van der Waals surface area contributed by atoms with E-state index in [0.29, 0.717) is 0 Å². The number of amides is 2. The van der Waals surface area contributed by atoms with Gasteiger partial charge in [0.2, 0.25) is 0 Å². The Morgan fingerprint density at radius 2 is 1.81 bits per heavy atom. The molecule has 0 aliphatic rings. The van der Waals surface area contributed by atoms with Crippen LogP contribution in [0.4, 0.5) is 13.6 Å². The number of pyridine rings is 1. The first-order valence-corrected chi connectivity index (χ1v) is 7.90. The SMILES string of the molecule is Cn1cc(-c2cncc(CNC(=O)NCc3c(F)cccc3F)c2)cn1. The van der Waals surface area contributed by atoms with E-state index in [9.17, 15) is 13.6 Å². The van der Waals surface area contributed by atoms with E-state index >= 15 is 0 Å². The van der Waals surface area contributed by atoms with Gasteiger partial charge in [0.15, 0.2) is 0 Å². The van der Waals surface area contributed by atoms with E-state index in [1.807, 2.05) is 19.3 Å². The van der Waals surface area contributed by atoms with Crippen molar-refractivity contribution in [2.75, 3.05) is 0 Å². The Balaban J connectivity index is 1.56. The van der Waals surface area contributed by atoms with E-state index in [1.165, 1.54) is 6.07 Å². The van der Waals surface area contributed by atoms with E-state index in [1.54, 1.807) is 23.3 Å². The Labute approximate surface area is 148 Å². The van der Waals surface area contributed by atoms with Gasteiger partial charge in [-0.2, -0.15) is 5.10 Å². The number of carbonyl (C=O) groups is 1. The number of urea groups is 1. The molecule has 3 rings (SSSR count). The molecule has 0 saturated heterocycles. The van der Waals surface area contributed by atoms with Crippen LogP contribution in [0.5, 0.6) is 0 Å². The molecule has 0 aliphatic heterocycles. The van der Waals surface area contributed by atoms with Gasteiger partial charge in [-0.05, 0) is 23.8 Å². The average Bonchev–Trinajstić information content (AvgIpc) is 3.06. The number of nitrogens with zero attached hydrogens (tertiary/aromatic N) is 3. The zero-order chi connectivity index (χ0) is 18.5. The first-order valence-electron chi connectivity index (χ1n) is 7.90. The van der Waals surface area contributed by atoms with Crippen molar-refractivity contribution in [3.8, 4) is 11.1 Å². The van der Waals surface area contributed by atoms with Crippen molar-refractivity contribution >= 4 is 6.03 Å². The molecule has 3 aromatic rings. The van der Waals surface area contributed by atoms with Crippen molar-refractivity contribution in [1.82, 2.24) is 25.4 Å². The van der Waals surface area contributed by atoms with Gasteiger partial charge in [-0.15, -0.1) is 0 Å². The van der Waals surface area contributed by atoms with Crippen molar-refractivity contribution in [3.63, 3.8) is 0 Å². The maximum atomic E-state index is 13.5. The lowest BCUT2D eigenvalue weighted by Crippen LogP contribution is -2.35. The van der Waals surface area contributed by atoms with Gasteiger partial charge in [-0.1, -0.05) is 6.07 Å². The molecule has 26 heavy (non-hydrogen) atoms. The second kappa shape index (κ2) is 7.73. The third kappa shape index (κ3) is 4.21. The van der Waals surface area contributed by atoms with E-state index < -0.39 is 17.7 Å². The zero-order valence-corrected chi connectivity index (χ0v) is 14.0. The van der Waals surface area contributed by atoms with Gasteiger partial charge in [0, 0.05) is 48.9 Å². The van der Waals surface area contributed by atoms with Crippen LogP contribution in [-0.2, 0) is 20.1 Å². The lowest BCUT2D eigenvalue weighted by Gasteiger charge is -2.09. The number of rotatable bonds is 5. The number of aryl methyl sites for hydroxylation is 1. The summed E-state index contributed by atoms with van der Waals surface area (Å²) in [4.78, 5) is 16.0. The fourth-order valence-corrected chi connectivity index (χ4v) is 2.43. The van der Waals surface area contributed by atoms with Gasteiger partial charge in [0.25, 0.3) is 0 Å². The zero-order valence-electron chi connectivity index (χ0n) is 14.0. The van der Waals surface area contributed by atoms with Crippen LogP contribution in [0.1, 0.15) is 11.1 Å². The van der Waals surface area contributed by atoms with Crippen LogP contribution < -0.4 is 10.6 Å². The Bertz CT molecular complexity index is 905. The summed E-state index contributed by atoms with van der Waals surface area (Å²) in [6, 6.07) is 4.93. The largest absolute Gasteiger partial charge is 0.334 e. The molecule has 0 aliphatic carbocycles. The molecule has 2 heterocycles. The fourth-order valence-electron chi connectivity index (χ4n) is 2.43. The summed E-state index contributed by atoms with van der Waals surface area (Å²) in [7, 11) is 1.82. The average molecular weight is 357 g/mol. The van der Waals surface area contributed by atoms with Crippen molar-refractivity contribution < 1.29 is 13.6 Å². The molecule has 8 heteroatoms. The maximum Gasteiger partial charge on any atom is 0.315 e. The summed E-state index contributed by atoms with van der Waals surface area (Å²) in [6.45, 7) is -0.00892. The van der Waals surface area contributed by atoms with Crippen LogP contribution in [0.2, 0.25) is 0 Å². The monoisotopic (exact) mass is 357 g/mol. The number of nitrogens with one attached hydrogen (secondary N) is 2. The van der Waals surface area contributed by atoms with Crippen LogP contribution >= 0.6 is 0 Å². The third-order valence-corrected chi connectivity index (χ3v) is 3.77.